The first-order chi connectivity index (χ1) is 10.8. The number of carbonyl (C=O) groups is 2. The van der Waals surface area contributed by atoms with Crippen molar-refractivity contribution in [3.05, 3.63) is 28.7 Å². The van der Waals surface area contributed by atoms with Crippen LogP contribution in [0.3, 0.4) is 0 Å². The number of amides is 2. The molecule has 0 fully saturated rings. The number of anilines is 1. The lowest BCUT2D eigenvalue weighted by atomic mass is 10.0. The second-order valence-electron chi connectivity index (χ2n) is 5.76. The molecule has 2 N–H and O–H groups in total. The zero-order chi connectivity index (χ0) is 17.6. The van der Waals surface area contributed by atoms with Gasteiger partial charge in [0.05, 0.1) is 6.61 Å². The Balaban J connectivity index is 3.20. The molecule has 0 aliphatic rings. The van der Waals surface area contributed by atoms with Gasteiger partial charge in [-0.2, -0.15) is 0 Å². The zero-order valence-electron chi connectivity index (χ0n) is 13.6. The Morgan fingerprint density at radius 2 is 1.78 bits per heavy atom. The lowest BCUT2D eigenvalue weighted by Crippen LogP contribution is -2.51. The van der Waals surface area contributed by atoms with Gasteiger partial charge in [-0.25, -0.2) is 4.79 Å². The molecule has 7 heteroatoms. The first-order valence-electron chi connectivity index (χ1n) is 7.41. The molecule has 1 atom stereocenters. The van der Waals surface area contributed by atoms with Crippen molar-refractivity contribution in [2.24, 2.45) is 5.92 Å². The van der Waals surface area contributed by atoms with E-state index in [0.717, 1.165) is 9.37 Å². The largest absolute Gasteiger partial charge is 0.465 e. The molecule has 128 valence electrons. The van der Waals surface area contributed by atoms with E-state index in [1.807, 2.05) is 13.8 Å². The van der Waals surface area contributed by atoms with Crippen molar-refractivity contribution >= 4 is 33.6 Å². The Labute approximate surface area is 144 Å². The van der Waals surface area contributed by atoms with E-state index in [2.05, 4.69) is 15.9 Å². The summed E-state index contributed by atoms with van der Waals surface area (Å²) in [6, 6.07) is 5.96. The molecular weight excluding hydrogens is 364 g/mol. The summed E-state index contributed by atoms with van der Waals surface area (Å²) in [5, 5.41) is 18.6. The van der Waals surface area contributed by atoms with Gasteiger partial charge in [0.25, 0.3) is 0 Å². The van der Waals surface area contributed by atoms with E-state index in [1.54, 1.807) is 31.3 Å². The Hall–Kier alpha value is -1.60. The highest BCUT2D eigenvalue weighted by Crippen LogP contribution is 2.24. The summed E-state index contributed by atoms with van der Waals surface area (Å²) in [5.74, 6) is -0.179. The normalized spacial score (nSPS) is 12.1. The molecule has 1 aromatic carbocycles. The molecule has 6 nitrogen and oxygen atoms in total. The Bertz CT molecular complexity index is 533. The molecule has 0 aromatic heterocycles. The minimum Gasteiger partial charge on any atom is -0.465 e. The number of halogens is 1. The number of carbonyl (C=O) groups excluding carboxylic acids is 1. The Morgan fingerprint density at radius 1 is 1.22 bits per heavy atom. The third-order valence-corrected chi connectivity index (χ3v) is 3.94. The van der Waals surface area contributed by atoms with Gasteiger partial charge in [-0.05, 0) is 36.6 Å². The van der Waals surface area contributed by atoms with Crippen LogP contribution >= 0.6 is 15.9 Å². The number of hydrogen-bond acceptors (Lipinski definition) is 3. The third kappa shape index (κ3) is 5.51. The Morgan fingerprint density at radius 3 is 2.22 bits per heavy atom. The van der Waals surface area contributed by atoms with Crippen molar-refractivity contribution in [3.63, 3.8) is 0 Å². The van der Waals surface area contributed by atoms with Gasteiger partial charge in [0.1, 0.15) is 6.04 Å². The summed E-state index contributed by atoms with van der Waals surface area (Å²) in [5.41, 5.74) is 0.442. The summed E-state index contributed by atoms with van der Waals surface area (Å²) in [6.07, 6.45) is -0.777. The smallest absolute Gasteiger partial charge is 0.412 e. The summed E-state index contributed by atoms with van der Waals surface area (Å²) >= 11 is 3.31. The minimum absolute atomic E-state index is 0.142. The average molecular weight is 387 g/mol. The van der Waals surface area contributed by atoms with Gasteiger partial charge in [-0.3, -0.25) is 9.69 Å². The topological polar surface area (TPSA) is 81.1 Å². The van der Waals surface area contributed by atoms with E-state index in [0.29, 0.717) is 12.1 Å². The van der Waals surface area contributed by atoms with Crippen molar-refractivity contribution in [3.8, 4) is 0 Å². The van der Waals surface area contributed by atoms with Crippen LogP contribution < -0.4 is 4.90 Å². The fraction of sp³-hybridized carbons (Fsp3) is 0.500. The maximum absolute atomic E-state index is 12.7. The van der Waals surface area contributed by atoms with Crippen LogP contribution in [0.1, 0.15) is 20.3 Å². The van der Waals surface area contributed by atoms with Crippen molar-refractivity contribution < 1.29 is 19.8 Å². The van der Waals surface area contributed by atoms with Crippen molar-refractivity contribution in [2.45, 2.75) is 26.3 Å². The van der Waals surface area contributed by atoms with E-state index in [4.69, 9.17) is 5.11 Å². The van der Waals surface area contributed by atoms with E-state index in [-0.39, 0.29) is 25.0 Å². The van der Waals surface area contributed by atoms with E-state index in [1.165, 1.54) is 4.90 Å². The number of benzene rings is 1. The van der Waals surface area contributed by atoms with Crippen LogP contribution in [-0.4, -0.2) is 53.4 Å². The molecule has 2 amide bonds. The van der Waals surface area contributed by atoms with Gasteiger partial charge in [0.2, 0.25) is 5.91 Å². The van der Waals surface area contributed by atoms with Gasteiger partial charge in [0.15, 0.2) is 0 Å². The maximum atomic E-state index is 12.7. The standard InChI is InChI=1S/C16H23BrN2O4/c1-11(2)10-14(15(21)18(3)8-9-20)19(16(22)23)13-6-4-12(17)5-7-13/h4-7,11,14,20H,8-10H2,1-3H3,(H,22,23)/t14-/m0/s1. The maximum Gasteiger partial charge on any atom is 0.412 e. The summed E-state index contributed by atoms with van der Waals surface area (Å²) in [4.78, 5) is 26.9. The molecule has 0 heterocycles. The highest BCUT2D eigenvalue weighted by Gasteiger charge is 2.33. The van der Waals surface area contributed by atoms with Crippen molar-refractivity contribution in [1.29, 1.82) is 0 Å². The van der Waals surface area contributed by atoms with E-state index < -0.39 is 12.1 Å². The highest BCUT2D eigenvalue weighted by molar-refractivity contribution is 9.10. The van der Waals surface area contributed by atoms with Crippen LogP contribution in [0.2, 0.25) is 0 Å². The van der Waals surface area contributed by atoms with Gasteiger partial charge < -0.3 is 15.1 Å². The van der Waals surface area contributed by atoms with Crippen molar-refractivity contribution in [2.75, 3.05) is 25.1 Å². The molecular formula is C16H23BrN2O4. The minimum atomic E-state index is -1.18. The molecule has 0 spiro atoms. The fourth-order valence-corrected chi connectivity index (χ4v) is 2.57. The number of aliphatic hydroxyl groups is 1. The summed E-state index contributed by atoms with van der Waals surface area (Å²) in [6.45, 7) is 3.88. The van der Waals surface area contributed by atoms with Gasteiger partial charge >= 0.3 is 6.09 Å². The molecule has 0 aliphatic heterocycles. The molecule has 0 unspecified atom stereocenters. The number of carboxylic acid groups (broad SMARTS) is 1. The lowest BCUT2D eigenvalue weighted by Gasteiger charge is -2.32. The van der Waals surface area contributed by atoms with Crippen LogP contribution in [0.4, 0.5) is 10.5 Å². The zero-order valence-corrected chi connectivity index (χ0v) is 15.2. The third-order valence-electron chi connectivity index (χ3n) is 3.41. The number of aliphatic hydroxyl groups excluding tert-OH is 1. The number of rotatable bonds is 7. The molecule has 0 aliphatic carbocycles. The molecule has 0 bridgehead atoms. The molecule has 0 radical (unpaired) electrons. The van der Waals surface area contributed by atoms with Crippen LogP contribution in [0.25, 0.3) is 0 Å². The predicted molar refractivity (Wildman–Crippen MR) is 92.6 cm³/mol. The van der Waals surface area contributed by atoms with Crippen LogP contribution in [-0.2, 0) is 4.79 Å². The van der Waals surface area contributed by atoms with Crippen LogP contribution in [0, 0.1) is 5.92 Å². The summed E-state index contributed by atoms with van der Waals surface area (Å²) in [7, 11) is 1.56. The van der Waals surface area contributed by atoms with Gasteiger partial charge in [-0.1, -0.05) is 29.8 Å². The first kappa shape index (κ1) is 19.4. The number of likely N-dealkylation sites (N-methyl/N-ethyl adjacent to an activating group) is 1. The van der Waals surface area contributed by atoms with Gasteiger partial charge in [0, 0.05) is 23.8 Å². The molecule has 1 aromatic rings. The van der Waals surface area contributed by atoms with E-state index >= 15 is 0 Å². The highest BCUT2D eigenvalue weighted by atomic mass is 79.9. The van der Waals surface area contributed by atoms with E-state index in [9.17, 15) is 14.7 Å². The molecule has 0 saturated carbocycles. The quantitative estimate of drug-likeness (QED) is 0.754. The molecule has 1 rings (SSSR count). The first-order valence-corrected chi connectivity index (χ1v) is 8.20. The second-order valence-corrected chi connectivity index (χ2v) is 6.67. The number of nitrogens with zero attached hydrogens (tertiary/aromatic N) is 2. The van der Waals surface area contributed by atoms with Crippen molar-refractivity contribution in [1.82, 2.24) is 4.90 Å². The second kappa shape index (κ2) is 8.88. The average Bonchev–Trinajstić information content (AvgIpc) is 2.47. The SMILES string of the molecule is CC(C)C[C@@H](C(=O)N(C)CCO)N(C(=O)O)c1ccc(Br)cc1. The molecule has 23 heavy (non-hydrogen) atoms. The molecule has 0 saturated heterocycles. The van der Waals surface area contributed by atoms with Crippen LogP contribution in [0.5, 0.6) is 0 Å². The lowest BCUT2D eigenvalue weighted by molar-refractivity contribution is -0.132. The predicted octanol–water partition coefficient (Wildman–Crippen LogP) is 2.80. The fourth-order valence-electron chi connectivity index (χ4n) is 2.30. The van der Waals surface area contributed by atoms with Gasteiger partial charge in [-0.15, -0.1) is 0 Å². The summed E-state index contributed by atoms with van der Waals surface area (Å²) < 4.78 is 0.829. The van der Waals surface area contributed by atoms with Crippen LogP contribution in [0.15, 0.2) is 28.7 Å². The Kier molecular flexibility index (Phi) is 7.51. The monoisotopic (exact) mass is 386 g/mol. The number of hydrogen-bond donors (Lipinski definition) is 2.